The first-order valence-electron chi connectivity index (χ1n) is 4.11. The zero-order chi connectivity index (χ0) is 10.1. The van der Waals surface area contributed by atoms with Crippen molar-refractivity contribution in [1.82, 2.24) is 0 Å². The van der Waals surface area contributed by atoms with Crippen molar-refractivity contribution in [3.63, 3.8) is 0 Å². The summed E-state index contributed by atoms with van der Waals surface area (Å²) in [4.78, 5) is 0. The molecule has 74 valence electrons. The van der Waals surface area contributed by atoms with Gasteiger partial charge in [0.05, 0.1) is 0 Å². The molecule has 0 spiro atoms. The smallest absolute Gasteiger partial charge is 0.169 e. The first-order valence-corrected chi connectivity index (χ1v) is 4.90. The molecule has 0 saturated heterocycles. The topological polar surface area (TPSA) is 59.4 Å². The quantitative estimate of drug-likeness (QED) is 0.860. The normalized spacial score (nSPS) is 14.5. The summed E-state index contributed by atoms with van der Waals surface area (Å²) in [5, 5.41) is 9.87. The molecule has 0 aliphatic rings. The summed E-state index contributed by atoms with van der Waals surface area (Å²) in [6, 6.07) is 3.50. The molecular formula is C9H14BrNO2. The minimum absolute atomic E-state index is 0.364. The molecule has 1 aromatic rings. The zero-order valence-corrected chi connectivity index (χ0v) is 9.34. The lowest BCUT2D eigenvalue weighted by Crippen LogP contribution is -2.30. The summed E-state index contributed by atoms with van der Waals surface area (Å²) in [5.74, 6) is 0.544. The van der Waals surface area contributed by atoms with E-state index in [0.29, 0.717) is 17.0 Å². The summed E-state index contributed by atoms with van der Waals surface area (Å²) in [7, 11) is 0. The molecule has 3 nitrogen and oxygen atoms in total. The Morgan fingerprint density at radius 3 is 2.62 bits per heavy atom. The van der Waals surface area contributed by atoms with Gasteiger partial charge in [-0.25, -0.2) is 0 Å². The maximum Gasteiger partial charge on any atom is 0.169 e. The van der Waals surface area contributed by atoms with Gasteiger partial charge in [0.1, 0.15) is 11.9 Å². The van der Waals surface area contributed by atoms with E-state index < -0.39 is 6.10 Å². The number of hydrogen-bond acceptors (Lipinski definition) is 3. The van der Waals surface area contributed by atoms with Crippen LogP contribution in [0, 0.1) is 5.41 Å². The highest BCUT2D eigenvalue weighted by Gasteiger charge is 2.29. The van der Waals surface area contributed by atoms with Crippen LogP contribution >= 0.6 is 15.9 Å². The highest BCUT2D eigenvalue weighted by molar-refractivity contribution is 9.10. The molecule has 0 saturated carbocycles. The average Bonchev–Trinajstić information content (AvgIpc) is 2.50. The molecule has 3 N–H and O–H groups in total. The van der Waals surface area contributed by atoms with Crippen LogP contribution in [0.1, 0.15) is 25.7 Å². The molecule has 0 fully saturated rings. The third-order valence-corrected chi connectivity index (χ3v) is 2.56. The number of halogens is 1. The summed E-state index contributed by atoms with van der Waals surface area (Å²) in [5.41, 5.74) is 5.17. The van der Waals surface area contributed by atoms with Gasteiger partial charge < -0.3 is 15.3 Å². The molecule has 0 amide bonds. The van der Waals surface area contributed by atoms with Gasteiger partial charge in [0.15, 0.2) is 4.67 Å². The molecule has 1 heterocycles. The number of rotatable bonds is 3. The van der Waals surface area contributed by atoms with Crippen molar-refractivity contribution in [2.45, 2.75) is 20.0 Å². The maximum absolute atomic E-state index is 9.87. The van der Waals surface area contributed by atoms with Gasteiger partial charge in [-0.3, -0.25) is 0 Å². The van der Waals surface area contributed by atoms with E-state index in [4.69, 9.17) is 10.2 Å². The third-order valence-electron chi connectivity index (χ3n) is 2.13. The van der Waals surface area contributed by atoms with E-state index in [1.54, 1.807) is 12.1 Å². The number of aliphatic hydroxyl groups is 1. The van der Waals surface area contributed by atoms with Gasteiger partial charge in [0, 0.05) is 12.0 Å². The van der Waals surface area contributed by atoms with Crippen LogP contribution in [-0.4, -0.2) is 11.7 Å². The van der Waals surface area contributed by atoms with Gasteiger partial charge in [-0.15, -0.1) is 0 Å². The molecule has 1 unspecified atom stereocenters. The van der Waals surface area contributed by atoms with Gasteiger partial charge in [0.25, 0.3) is 0 Å². The van der Waals surface area contributed by atoms with E-state index in [1.807, 2.05) is 13.8 Å². The molecule has 0 bridgehead atoms. The number of aliphatic hydroxyl groups excluding tert-OH is 1. The number of furan rings is 1. The predicted octanol–water partition coefficient (Wildman–Crippen LogP) is 2.06. The Morgan fingerprint density at radius 2 is 2.23 bits per heavy atom. The van der Waals surface area contributed by atoms with Crippen LogP contribution in [0.4, 0.5) is 0 Å². The monoisotopic (exact) mass is 247 g/mol. The molecule has 1 aromatic heterocycles. The van der Waals surface area contributed by atoms with Crippen LogP contribution in [0.2, 0.25) is 0 Å². The second-order valence-electron chi connectivity index (χ2n) is 3.74. The summed E-state index contributed by atoms with van der Waals surface area (Å²) < 4.78 is 5.86. The van der Waals surface area contributed by atoms with Gasteiger partial charge >= 0.3 is 0 Å². The van der Waals surface area contributed by atoms with Crippen molar-refractivity contribution in [3.8, 4) is 0 Å². The lowest BCUT2D eigenvalue weighted by atomic mass is 9.85. The fraction of sp³-hybridized carbons (Fsp3) is 0.556. The third kappa shape index (κ3) is 2.33. The molecule has 1 rings (SSSR count). The zero-order valence-electron chi connectivity index (χ0n) is 7.75. The second-order valence-corrected chi connectivity index (χ2v) is 4.52. The lowest BCUT2D eigenvalue weighted by molar-refractivity contribution is 0.0362. The average molecular weight is 248 g/mol. The van der Waals surface area contributed by atoms with Crippen LogP contribution < -0.4 is 5.73 Å². The molecule has 0 aliphatic heterocycles. The molecule has 1 atom stereocenters. The number of hydrogen-bond donors (Lipinski definition) is 2. The Kier molecular flexibility index (Phi) is 3.16. The highest BCUT2D eigenvalue weighted by atomic mass is 79.9. The Bertz CT molecular complexity index is 283. The first kappa shape index (κ1) is 10.8. The lowest BCUT2D eigenvalue weighted by Gasteiger charge is -2.27. The Balaban J connectivity index is 2.84. The van der Waals surface area contributed by atoms with E-state index in [0.717, 1.165) is 0 Å². The van der Waals surface area contributed by atoms with Crippen LogP contribution in [0.15, 0.2) is 21.2 Å². The highest BCUT2D eigenvalue weighted by Crippen LogP contribution is 2.33. The fourth-order valence-corrected chi connectivity index (χ4v) is 1.29. The Hall–Kier alpha value is -0.320. The molecule has 13 heavy (non-hydrogen) atoms. The van der Waals surface area contributed by atoms with Crippen molar-refractivity contribution < 1.29 is 9.52 Å². The summed E-state index contributed by atoms with van der Waals surface area (Å²) in [6.45, 7) is 4.20. The first-order chi connectivity index (χ1) is 5.97. The number of nitrogens with two attached hydrogens (primary N) is 1. The second kappa shape index (κ2) is 3.82. The van der Waals surface area contributed by atoms with Crippen molar-refractivity contribution >= 4 is 15.9 Å². The molecule has 0 aliphatic carbocycles. The van der Waals surface area contributed by atoms with E-state index in [9.17, 15) is 5.11 Å². The van der Waals surface area contributed by atoms with E-state index in [-0.39, 0.29) is 5.41 Å². The van der Waals surface area contributed by atoms with Gasteiger partial charge in [-0.1, -0.05) is 13.8 Å². The van der Waals surface area contributed by atoms with E-state index in [2.05, 4.69) is 15.9 Å². The largest absolute Gasteiger partial charge is 0.452 e. The fourth-order valence-electron chi connectivity index (χ4n) is 0.972. The van der Waals surface area contributed by atoms with Crippen molar-refractivity contribution in [2.24, 2.45) is 11.1 Å². The molecule has 0 aromatic carbocycles. The van der Waals surface area contributed by atoms with Gasteiger partial charge in [-0.05, 0) is 28.1 Å². The minimum Gasteiger partial charge on any atom is -0.452 e. The van der Waals surface area contributed by atoms with Crippen LogP contribution in [-0.2, 0) is 0 Å². The van der Waals surface area contributed by atoms with E-state index in [1.165, 1.54) is 0 Å². The van der Waals surface area contributed by atoms with Crippen molar-refractivity contribution in [2.75, 3.05) is 6.54 Å². The SMILES string of the molecule is CC(C)(CN)C(O)c1ccc(Br)o1. The standard InChI is InChI=1S/C9H14BrNO2/c1-9(2,5-11)8(12)6-3-4-7(10)13-6/h3-4,8,12H,5,11H2,1-2H3. The van der Waals surface area contributed by atoms with Crippen LogP contribution in [0.5, 0.6) is 0 Å². The Labute approximate surface area is 86.1 Å². The van der Waals surface area contributed by atoms with Crippen molar-refractivity contribution in [1.29, 1.82) is 0 Å². The predicted molar refractivity (Wildman–Crippen MR) is 54.2 cm³/mol. The van der Waals surface area contributed by atoms with Crippen LogP contribution in [0.25, 0.3) is 0 Å². The molecule has 4 heteroatoms. The molecule has 0 radical (unpaired) electrons. The van der Waals surface area contributed by atoms with E-state index >= 15 is 0 Å². The Morgan fingerprint density at radius 1 is 1.62 bits per heavy atom. The van der Waals surface area contributed by atoms with Crippen LogP contribution in [0.3, 0.4) is 0 Å². The summed E-state index contributed by atoms with van der Waals surface area (Å²) in [6.07, 6.45) is -0.663. The van der Waals surface area contributed by atoms with Gasteiger partial charge in [-0.2, -0.15) is 0 Å². The minimum atomic E-state index is -0.663. The molecular weight excluding hydrogens is 234 g/mol. The van der Waals surface area contributed by atoms with Gasteiger partial charge in [0.2, 0.25) is 0 Å². The maximum atomic E-state index is 9.87. The summed E-state index contributed by atoms with van der Waals surface area (Å²) >= 11 is 3.18. The van der Waals surface area contributed by atoms with Crippen molar-refractivity contribution in [3.05, 3.63) is 22.6 Å².